The molecule has 0 aromatic heterocycles. The maximum atomic E-state index is 13.0. The lowest BCUT2D eigenvalue weighted by Crippen LogP contribution is -2.87. The van der Waals surface area contributed by atoms with Crippen molar-refractivity contribution < 1.29 is 29.5 Å². The molecule has 0 amide bonds. The van der Waals surface area contributed by atoms with Crippen molar-refractivity contribution >= 4 is 57.1 Å². The number of hydrogen-bond acceptors (Lipinski definition) is 5. The molecule has 4 rings (SSSR count). The predicted molar refractivity (Wildman–Crippen MR) is 139 cm³/mol. The normalized spacial score (nSPS) is 15.0. The van der Waals surface area contributed by atoms with E-state index in [-0.39, 0.29) is 17.1 Å². The predicted octanol–water partition coefficient (Wildman–Crippen LogP) is 4.23. The summed E-state index contributed by atoms with van der Waals surface area (Å²) in [5.74, 6) is -0.920. The molecule has 3 N–H and O–H groups in total. The minimum atomic E-state index is -0.666. The van der Waals surface area contributed by atoms with Crippen LogP contribution in [0.5, 0.6) is 11.5 Å². The van der Waals surface area contributed by atoms with Crippen LogP contribution in [0.4, 0.5) is 0 Å². The van der Waals surface area contributed by atoms with E-state index in [1.807, 2.05) is 52.9 Å². The standard InChI is InChI=1S/C25H21I2NO5/c26-18-14-20(22(29)21(27)15-18)24(31)32-19-8-6-16(7-9-19)23(30)33-25(10-12-28-13-11-25)17-4-2-1-3-5-17/h1-9,14-15,28-29H,10-13H2/p+1. The number of carbonyl (C=O) groups excluding carboxylic acids is 2. The lowest BCUT2D eigenvalue weighted by Gasteiger charge is -2.36. The van der Waals surface area contributed by atoms with Crippen LogP contribution in [0.2, 0.25) is 0 Å². The van der Waals surface area contributed by atoms with Crippen molar-refractivity contribution in [3.05, 3.63) is 90.6 Å². The molecule has 1 fully saturated rings. The Labute approximate surface area is 219 Å². The highest BCUT2D eigenvalue weighted by Gasteiger charge is 2.39. The fourth-order valence-electron chi connectivity index (χ4n) is 3.91. The molecule has 0 saturated carbocycles. The first-order chi connectivity index (χ1) is 15.9. The number of phenolic OH excluding ortho intramolecular Hbond substituents is 1. The molecule has 3 aromatic rings. The molecule has 0 bridgehead atoms. The monoisotopic (exact) mass is 670 g/mol. The van der Waals surface area contributed by atoms with Gasteiger partial charge in [0.2, 0.25) is 0 Å². The summed E-state index contributed by atoms with van der Waals surface area (Å²) in [6.45, 7) is 1.78. The number of nitrogens with two attached hydrogens (primary N) is 1. The van der Waals surface area contributed by atoms with Crippen LogP contribution in [0.25, 0.3) is 0 Å². The number of aromatic hydroxyl groups is 1. The van der Waals surface area contributed by atoms with Crippen LogP contribution in [-0.2, 0) is 10.3 Å². The van der Waals surface area contributed by atoms with E-state index in [0.717, 1.165) is 35.1 Å². The summed E-state index contributed by atoms with van der Waals surface area (Å²) in [6, 6.07) is 19.5. The second-order valence-corrected chi connectivity index (χ2v) is 10.2. The second kappa shape index (κ2) is 10.4. The molecular weight excluding hydrogens is 648 g/mol. The average molecular weight is 670 g/mol. The fraction of sp³-hybridized carbons (Fsp3) is 0.200. The Balaban J connectivity index is 1.49. The number of phenols is 1. The zero-order chi connectivity index (χ0) is 23.4. The van der Waals surface area contributed by atoms with E-state index in [4.69, 9.17) is 9.47 Å². The number of piperidine rings is 1. The molecule has 8 heteroatoms. The van der Waals surface area contributed by atoms with Crippen LogP contribution in [0.15, 0.2) is 66.7 Å². The average Bonchev–Trinajstić information content (AvgIpc) is 2.83. The Morgan fingerprint density at radius 2 is 1.58 bits per heavy atom. The zero-order valence-corrected chi connectivity index (χ0v) is 21.9. The molecule has 170 valence electrons. The minimum Gasteiger partial charge on any atom is -0.506 e. The first-order valence-corrected chi connectivity index (χ1v) is 12.6. The second-order valence-electron chi connectivity index (χ2n) is 7.81. The summed E-state index contributed by atoms with van der Waals surface area (Å²) in [4.78, 5) is 25.5. The quantitative estimate of drug-likeness (QED) is 0.241. The van der Waals surface area contributed by atoms with Gasteiger partial charge in [0, 0.05) is 16.4 Å². The molecule has 0 unspecified atom stereocenters. The van der Waals surface area contributed by atoms with Gasteiger partial charge >= 0.3 is 11.9 Å². The SMILES string of the molecule is O=C(OC1(c2ccccc2)CC[NH2+]CC1)c1ccc(OC(=O)c2cc(I)cc(I)c2O)cc1. The maximum Gasteiger partial charge on any atom is 0.347 e. The number of hydrogen-bond donors (Lipinski definition) is 2. The highest BCUT2D eigenvalue weighted by atomic mass is 127. The van der Waals surface area contributed by atoms with Crippen LogP contribution >= 0.6 is 45.2 Å². The van der Waals surface area contributed by atoms with E-state index in [9.17, 15) is 14.7 Å². The van der Waals surface area contributed by atoms with Crippen molar-refractivity contribution in [1.29, 1.82) is 0 Å². The molecule has 0 aliphatic carbocycles. The molecule has 0 radical (unpaired) electrons. The Morgan fingerprint density at radius 1 is 0.909 bits per heavy atom. The summed E-state index contributed by atoms with van der Waals surface area (Å²) >= 11 is 4.04. The number of halogens is 2. The number of esters is 2. The number of rotatable bonds is 5. The van der Waals surface area contributed by atoms with Gasteiger partial charge in [0.15, 0.2) is 0 Å². The molecule has 33 heavy (non-hydrogen) atoms. The van der Waals surface area contributed by atoms with Crippen molar-refractivity contribution in [1.82, 2.24) is 0 Å². The van der Waals surface area contributed by atoms with Crippen LogP contribution < -0.4 is 10.1 Å². The molecule has 0 spiro atoms. The number of benzene rings is 3. The lowest BCUT2D eigenvalue weighted by atomic mass is 9.84. The molecule has 1 saturated heterocycles. The summed E-state index contributed by atoms with van der Waals surface area (Å²) in [5, 5.41) is 12.4. The van der Waals surface area contributed by atoms with Crippen molar-refractivity contribution in [2.24, 2.45) is 0 Å². The Morgan fingerprint density at radius 3 is 2.24 bits per heavy atom. The summed E-state index contributed by atoms with van der Waals surface area (Å²) < 4.78 is 12.9. The number of quaternary nitrogens is 1. The molecule has 1 heterocycles. The van der Waals surface area contributed by atoms with Crippen LogP contribution in [0.3, 0.4) is 0 Å². The van der Waals surface area contributed by atoms with Gasteiger partial charge < -0.3 is 19.9 Å². The molecule has 3 aromatic carbocycles. The van der Waals surface area contributed by atoms with Gasteiger partial charge in [0.1, 0.15) is 22.7 Å². The Kier molecular flexibility index (Phi) is 7.55. The van der Waals surface area contributed by atoms with Gasteiger partial charge in [-0.2, -0.15) is 0 Å². The topological polar surface area (TPSA) is 89.4 Å². The van der Waals surface area contributed by atoms with Gasteiger partial charge in [-0.05, 0) is 87.1 Å². The third-order valence-electron chi connectivity index (χ3n) is 5.64. The first-order valence-electron chi connectivity index (χ1n) is 10.5. The van der Waals surface area contributed by atoms with Crippen molar-refractivity contribution in [2.75, 3.05) is 13.1 Å². The Hall–Kier alpha value is -2.18. The molecule has 0 atom stereocenters. The van der Waals surface area contributed by atoms with Crippen molar-refractivity contribution in [3.63, 3.8) is 0 Å². The summed E-state index contributed by atoms with van der Waals surface area (Å²) in [5.41, 5.74) is 0.834. The summed E-state index contributed by atoms with van der Waals surface area (Å²) in [6.07, 6.45) is 1.49. The van der Waals surface area contributed by atoms with Crippen LogP contribution in [0, 0.1) is 7.14 Å². The first kappa shape index (κ1) is 24.0. The van der Waals surface area contributed by atoms with E-state index in [2.05, 4.69) is 27.9 Å². The molecule has 6 nitrogen and oxygen atoms in total. The van der Waals surface area contributed by atoms with Gasteiger partial charge in [0.05, 0.1) is 22.2 Å². The van der Waals surface area contributed by atoms with Gasteiger partial charge in [0.25, 0.3) is 0 Å². The highest BCUT2D eigenvalue weighted by molar-refractivity contribution is 14.1. The van der Waals surface area contributed by atoms with Crippen molar-refractivity contribution in [3.8, 4) is 11.5 Å². The summed E-state index contributed by atoms with van der Waals surface area (Å²) in [7, 11) is 0. The lowest BCUT2D eigenvalue weighted by molar-refractivity contribution is -0.668. The van der Waals surface area contributed by atoms with Gasteiger partial charge in [-0.3, -0.25) is 0 Å². The van der Waals surface area contributed by atoms with Gasteiger partial charge in [-0.1, -0.05) is 30.3 Å². The molecule has 1 aliphatic rings. The zero-order valence-electron chi connectivity index (χ0n) is 17.6. The van der Waals surface area contributed by atoms with Crippen LogP contribution in [0.1, 0.15) is 39.1 Å². The minimum absolute atomic E-state index is 0.0914. The third-order valence-corrected chi connectivity index (χ3v) is 7.09. The van der Waals surface area contributed by atoms with E-state index >= 15 is 0 Å². The van der Waals surface area contributed by atoms with Crippen LogP contribution in [-0.4, -0.2) is 30.1 Å². The van der Waals surface area contributed by atoms with Gasteiger partial charge in [-0.25, -0.2) is 9.59 Å². The highest BCUT2D eigenvalue weighted by Crippen LogP contribution is 2.35. The number of carbonyl (C=O) groups is 2. The molecular formula is C25H22I2NO5+. The van der Waals surface area contributed by atoms with E-state index in [1.165, 1.54) is 0 Å². The smallest absolute Gasteiger partial charge is 0.347 e. The Bertz CT molecular complexity index is 1160. The van der Waals surface area contributed by atoms with Crippen molar-refractivity contribution in [2.45, 2.75) is 18.4 Å². The van der Waals surface area contributed by atoms with E-state index < -0.39 is 17.5 Å². The third kappa shape index (κ3) is 5.49. The van der Waals surface area contributed by atoms with E-state index in [0.29, 0.717) is 9.13 Å². The largest absolute Gasteiger partial charge is 0.506 e. The maximum absolute atomic E-state index is 13.0. The van der Waals surface area contributed by atoms with Gasteiger partial charge in [-0.15, -0.1) is 0 Å². The number of ether oxygens (including phenoxy) is 2. The fourth-order valence-corrected chi connectivity index (χ4v) is 5.76. The molecule has 1 aliphatic heterocycles. The van der Waals surface area contributed by atoms with E-state index in [1.54, 1.807) is 36.4 Å².